The van der Waals surface area contributed by atoms with Gasteiger partial charge < -0.3 is 15.6 Å². The molecule has 3 N–H and O–H groups in total. The van der Waals surface area contributed by atoms with Gasteiger partial charge in [0.05, 0.1) is 12.2 Å². The van der Waals surface area contributed by atoms with Crippen molar-refractivity contribution < 1.29 is 0 Å². The molecule has 3 aromatic rings. The molecule has 0 fully saturated rings. The number of H-pyrrole nitrogens is 1. The van der Waals surface area contributed by atoms with Crippen LogP contribution in [-0.2, 0) is 13.0 Å². The number of aryl methyl sites for hydroxylation is 2. The molecule has 25 heavy (non-hydrogen) atoms. The third kappa shape index (κ3) is 4.39. The van der Waals surface area contributed by atoms with Crippen molar-refractivity contribution >= 4 is 28.2 Å². The molecule has 0 spiro atoms. The SMILES string of the molecule is CCNC(=NCc1nc(C)c(C)s1)NCCc1c[nH]c2ccccc12. The first-order chi connectivity index (χ1) is 12.2. The lowest BCUT2D eigenvalue weighted by molar-refractivity contribution is 0.800. The minimum atomic E-state index is 0.613. The highest BCUT2D eigenvalue weighted by molar-refractivity contribution is 7.11. The number of hydrogen-bond donors (Lipinski definition) is 3. The Kier molecular flexibility index (Phi) is 5.71. The minimum Gasteiger partial charge on any atom is -0.361 e. The first kappa shape index (κ1) is 17.5. The normalized spacial score (nSPS) is 11.9. The largest absolute Gasteiger partial charge is 0.361 e. The van der Waals surface area contributed by atoms with Crippen LogP contribution in [0.15, 0.2) is 35.5 Å². The molecule has 0 aliphatic carbocycles. The fourth-order valence-corrected chi connectivity index (χ4v) is 3.61. The second-order valence-electron chi connectivity index (χ2n) is 5.98. The molecule has 1 aromatic carbocycles. The molecule has 132 valence electrons. The van der Waals surface area contributed by atoms with Gasteiger partial charge in [0, 0.05) is 35.1 Å². The van der Waals surface area contributed by atoms with E-state index in [4.69, 9.17) is 0 Å². The maximum absolute atomic E-state index is 4.65. The first-order valence-electron chi connectivity index (χ1n) is 8.67. The van der Waals surface area contributed by atoms with Crippen molar-refractivity contribution in [1.82, 2.24) is 20.6 Å². The number of nitrogens with zero attached hydrogens (tertiary/aromatic N) is 2. The predicted octanol–water partition coefficient (Wildman–Crippen LogP) is 3.54. The van der Waals surface area contributed by atoms with E-state index in [0.29, 0.717) is 6.54 Å². The van der Waals surface area contributed by atoms with Gasteiger partial charge >= 0.3 is 0 Å². The van der Waals surface area contributed by atoms with Gasteiger partial charge in [0.15, 0.2) is 5.96 Å². The number of guanidine groups is 1. The van der Waals surface area contributed by atoms with Gasteiger partial charge in [0.1, 0.15) is 5.01 Å². The van der Waals surface area contributed by atoms with E-state index in [2.05, 4.69) is 69.9 Å². The molecule has 0 aliphatic rings. The molecule has 0 saturated heterocycles. The Morgan fingerprint density at radius 1 is 1.24 bits per heavy atom. The van der Waals surface area contributed by atoms with Crippen LogP contribution in [0.3, 0.4) is 0 Å². The Balaban J connectivity index is 1.59. The van der Waals surface area contributed by atoms with E-state index in [1.165, 1.54) is 21.3 Å². The summed E-state index contributed by atoms with van der Waals surface area (Å²) in [5.74, 6) is 0.841. The van der Waals surface area contributed by atoms with Crippen LogP contribution in [0, 0.1) is 13.8 Å². The van der Waals surface area contributed by atoms with Gasteiger partial charge in [0.25, 0.3) is 0 Å². The molecule has 0 bridgehead atoms. The van der Waals surface area contributed by atoms with Gasteiger partial charge in [-0.25, -0.2) is 9.98 Å². The van der Waals surface area contributed by atoms with E-state index < -0.39 is 0 Å². The molecular weight excluding hydrogens is 330 g/mol. The fraction of sp³-hybridized carbons (Fsp3) is 0.368. The zero-order chi connectivity index (χ0) is 17.6. The van der Waals surface area contributed by atoms with Crippen LogP contribution in [0.4, 0.5) is 0 Å². The summed E-state index contributed by atoms with van der Waals surface area (Å²) in [6.45, 7) is 8.52. The van der Waals surface area contributed by atoms with Crippen molar-refractivity contribution in [3.8, 4) is 0 Å². The summed E-state index contributed by atoms with van der Waals surface area (Å²) in [6, 6.07) is 8.40. The molecule has 2 aromatic heterocycles. The Labute approximate surface area is 152 Å². The molecular formula is C19H25N5S. The van der Waals surface area contributed by atoms with Gasteiger partial charge in [-0.05, 0) is 38.8 Å². The van der Waals surface area contributed by atoms with E-state index in [1.54, 1.807) is 11.3 Å². The van der Waals surface area contributed by atoms with E-state index in [1.807, 2.05) is 6.92 Å². The van der Waals surface area contributed by atoms with Crippen LogP contribution in [0.2, 0.25) is 0 Å². The fourth-order valence-electron chi connectivity index (χ4n) is 2.75. The quantitative estimate of drug-likeness (QED) is 0.468. The second-order valence-corrected chi connectivity index (χ2v) is 7.27. The van der Waals surface area contributed by atoms with E-state index in [0.717, 1.165) is 36.2 Å². The van der Waals surface area contributed by atoms with Crippen LogP contribution in [0.1, 0.15) is 28.1 Å². The monoisotopic (exact) mass is 355 g/mol. The summed E-state index contributed by atoms with van der Waals surface area (Å²) in [5, 5.41) is 9.07. The second kappa shape index (κ2) is 8.16. The van der Waals surface area contributed by atoms with Gasteiger partial charge in [-0.2, -0.15) is 0 Å². The molecule has 0 unspecified atom stereocenters. The van der Waals surface area contributed by atoms with E-state index in [9.17, 15) is 0 Å². The molecule has 0 radical (unpaired) electrons. The Bertz CT molecular complexity index is 842. The Morgan fingerprint density at radius 3 is 2.84 bits per heavy atom. The summed E-state index contributed by atoms with van der Waals surface area (Å²) in [6.07, 6.45) is 3.04. The molecule has 2 heterocycles. The number of fused-ring (bicyclic) bond motifs is 1. The highest BCUT2D eigenvalue weighted by atomic mass is 32.1. The number of nitrogens with one attached hydrogen (secondary N) is 3. The summed E-state index contributed by atoms with van der Waals surface area (Å²) in [7, 11) is 0. The highest BCUT2D eigenvalue weighted by Gasteiger charge is 2.05. The zero-order valence-electron chi connectivity index (χ0n) is 15.0. The number of aliphatic imine (C=N–C) groups is 1. The summed E-state index contributed by atoms with van der Waals surface area (Å²) in [5.41, 5.74) is 3.62. The number of rotatable bonds is 6. The number of aromatic nitrogens is 2. The molecule has 6 heteroatoms. The molecule has 0 atom stereocenters. The number of thiazole rings is 1. The number of hydrogen-bond acceptors (Lipinski definition) is 3. The maximum Gasteiger partial charge on any atom is 0.191 e. The molecule has 0 amide bonds. The third-order valence-corrected chi connectivity index (χ3v) is 5.21. The lowest BCUT2D eigenvalue weighted by Gasteiger charge is -2.10. The minimum absolute atomic E-state index is 0.613. The summed E-state index contributed by atoms with van der Waals surface area (Å²) < 4.78 is 0. The van der Waals surface area contributed by atoms with Crippen LogP contribution < -0.4 is 10.6 Å². The van der Waals surface area contributed by atoms with Crippen LogP contribution >= 0.6 is 11.3 Å². The standard InChI is InChI=1S/C19H25N5S/c1-4-20-19(23-12-18-24-13(2)14(3)25-18)21-10-9-15-11-22-17-8-6-5-7-16(15)17/h5-8,11,22H,4,9-10,12H2,1-3H3,(H2,20,21,23). The molecule has 5 nitrogen and oxygen atoms in total. The average Bonchev–Trinajstić information content (AvgIpc) is 3.16. The van der Waals surface area contributed by atoms with Gasteiger partial charge in [-0.1, -0.05) is 18.2 Å². The van der Waals surface area contributed by atoms with Gasteiger partial charge in [-0.3, -0.25) is 0 Å². The molecule has 0 aliphatic heterocycles. The van der Waals surface area contributed by atoms with Crippen molar-refractivity contribution in [3.05, 3.63) is 51.6 Å². The van der Waals surface area contributed by atoms with Crippen molar-refractivity contribution in [2.75, 3.05) is 13.1 Å². The third-order valence-electron chi connectivity index (χ3n) is 4.15. The number of benzene rings is 1. The van der Waals surface area contributed by atoms with E-state index >= 15 is 0 Å². The molecule has 3 rings (SSSR count). The topological polar surface area (TPSA) is 65.1 Å². The van der Waals surface area contributed by atoms with Crippen molar-refractivity contribution in [2.24, 2.45) is 4.99 Å². The Morgan fingerprint density at radius 2 is 2.08 bits per heavy atom. The first-order valence-corrected chi connectivity index (χ1v) is 9.49. The Hall–Kier alpha value is -2.34. The average molecular weight is 356 g/mol. The van der Waals surface area contributed by atoms with E-state index in [-0.39, 0.29) is 0 Å². The highest BCUT2D eigenvalue weighted by Crippen LogP contribution is 2.18. The number of para-hydroxylation sites is 1. The van der Waals surface area contributed by atoms with Gasteiger partial charge in [-0.15, -0.1) is 11.3 Å². The zero-order valence-corrected chi connectivity index (χ0v) is 15.8. The van der Waals surface area contributed by atoms with Gasteiger partial charge in [0.2, 0.25) is 0 Å². The van der Waals surface area contributed by atoms with Crippen LogP contribution in [-0.4, -0.2) is 29.0 Å². The smallest absolute Gasteiger partial charge is 0.191 e. The lowest BCUT2D eigenvalue weighted by atomic mass is 10.1. The van der Waals surface area contributed by atoms with Crippen molar-refractivity contribution in [2.45, 2.75) is 33.7 Å². The van der Waals surface area contributed by atoms with Crippen molar-refractivity contribution in [1.29, 1.82) is 0 Å². The van der Waals surface area contributed by atoms with Crippen LogP contribution in [0.5, 0.6) is 0 Å². The maximum atomic E-state index is 4.65. The van der Waals surface area contributed by atoms with Crippen LogP contribution in [0.25, 0.3) is 10.9 Å². The molecule has 0 saturated carbocycles. The summed E-state index contributed by atoms with van der Waals surface area (Å²) in [4.78, 5) is 13.8. The number of aromatic amines is 1. The summed E-state index contributed by atoms with van der Waals surface area (Å²) >= 11 is 1.72. The predicted molar refractivity (Wildman–Crippen MR) is 106 cm³/mol. The lowest BCUT2D eigenvalue weighted by Crippen LogP contribution is -2.38. The van der Waals surface area contributed by atoms with Crippen molar-refractivity contribution in [3.63, 3.8) is 0 Å².